The molecule has 2 aromatic rings. The van der Waals surface area contributed by atoms with Crippen LogP contribution in [0.15, 0.2) is 30.6 Å². The molecule has 0 saturated carbocycles. The second-order valence-corrected chi connectivity index (χ2v) is 4.24. The minimum absolute atomic E-state index is 0.466. The van der Waals surface area contributed by atoms with Gasteiger partial charge in [-0.25, -0.2) is 4.98 Å². The van der Waals surface area contributed by atoms with Crippen molar-refractivity contribution in [3.8, 4) is 11.5 Å². The zero-order valence-electron chi connectivity index (χ0n) is 11.3. The van der Waals surface area contributed by atoms with E-state index in [1.807, 2.05) is 35.9 Å². The van der Waals surface area contributed by atoms with Gasteiger partial charge in [0.25, 0.3) is 0 Å². The highest BCUT2D eigenvalue weighted by atomic mass is 16.5. The lowest BCUT2D eigenvalue weighted by Crippen LogP contribution is -2.09. The first kappa shape index (κ1) is 13.4. The summed E-state index contributed by atoms with van der Waals surface area (Å²) in [6.45, 7) is 3.78. The molecule has 0 bridgehead atoms. The molecule has 0 aliphatic rings. The Morgan fingerprint density at radius 2 is 2.05 bits per heavy atom. The number of nitrogens with two attached hydrogens (primary N) is 1. The predicted molar refractivity (Wildman–Crippen MR) is 73.3 cm³/mol. The van der Waals surface area contributed by atoms with Gasteiger partial charge in [-0.3, -0.25) is 0 Å². The van der Waals surface area contributed by atoms with Gasteiger partial charge in [-0.1, -0.05) is 0 Å². The van der Waals surface area contributed by atoms with E-state index in [-0.39, 0.29) is 0 Å². The number of rotatable bonds is 6. The quantitative estimate of drug-likeness (QED) is 0.860. The monoisotopic (exact) mass is 261 g/mol. The van der Waals surface area contributed by atoms with Crippen LogP contribution < -0.4 is 15.2 Å². The molecule has 102 valence electrons. The maximum absolute atomic E-state index is 5.74. The SMILES string of the molecule is COc1cc(CN)cc(OCCn2ccnc2C)c1. The molecule has 2 rings (SSSR count). The van der Waals surface area contributed by atoms with Crippen molar-refractivity contribution in [2.45, 2.75) is 20.0 Å². The van der Waals surface area contributed by atoms with E-state index in [2.05, 4.69) is 4.98 Å². The zero-order chi connectivity index (χ0) is 13.7. The molecule has 2 N–H and O–H groups in total. The average Bonchev–Trinajstić information content (AvgIpc) is 2.84. The molecule has 0 atom stereocenters. The lowest BCUT2D eigenvalue weighted by atomic mass is 10.2. The summed E-state index contributed by atoms with van der Waals surface area (Å²) in [7, 11) is 1.63. The van der Waals surface area contributed by atoms with Crippen LogP contribution in [0.2, 0.25) is 0 Å². The summed E-state index contributed by atoms with van der Waals surface area (Å²) in [4.78, 5) is 4.17. The largest absolute Gasteiger partial charge is 0.497 e. The fraction of sp³-hybridized carbons (Fsp3) is 0.357. The number of aryl methyl sites for hydroxylation is 1. The second-order valence-electron chi connectivity index (χ2n) is 4.24. The van der Waals surface area contributed by atoms with Gasteiger partial charge >= 0.3 is 0 Å². The summed E-state index contributed by atoms with van der Waals surface area (Å²) in [5.74, 6) is 2.52. The van der Waals surface area contributed by atoms with Gasteiger partial charge in [0, 0.05) is 25.0 Å². The molecule has 0 aliphatic carbocycles. The number of ether oxygens (including phenoxy) is 2. The van der Waals surface area contributed by atoms with Crippen molar-refractivity contribution in [3.05, 3.63) is 42.0 Å². The smallest absolute Gasteiger partial charge is 0.123 e. The van der Waals surface area contributed by atoms with E-state index in [1.54, 1.807) is 13.3 Å². The minimum Gasteiger partial charge on any atom is -0.497 e. The fourth-order valence-corrected chi connectivity index (χ4v) is 1.85. The van der Waals surface area contributed by atoms with Crippen LogP contribution >= 0.6 is 0 Å². The van der Waals surface area contributed by atoms with Gasteiger partial charge in [0.15, 0.2) is 0 Å². The van der Waals surface area contributed by atoms with Crippen LogP contribution in [-0.4, -0.2) is 23.3 Å². The zero-order valence-corrected chi connectivity index (χ0v) is 11.3. The highest BCUT2D eigenvalue weighted by Crippen LogP contribution is 2.22. The molecule has 1 aromatic heterocycles. The van der Waals surface area contributed by atoms with Crippen LogP contribution in [0.5, 0.6) is 11.5 Å². The van der Waals surface area contributed by atoms with Gasteiger partial charge in [-0.15, -0.1) is 0 Å². The number of hydrogen-bond donors (Lipinski definition) is 1. The molecule has 0 radical (unpaired) electrons. The Morgan fingerprint density at radius 3 is 2.68 bits per heavy atom. The maximum Gasteiger partial charge on any atom is 0.123 e. The number of imidazole rings is 1. The lowest BCUT2D eigenvalue weighted by molar-refractivity contribution is 0.294. The number of hydrogen-bond acceptors (Lipinski definition) is 4. The lowest BCUT2D eigenvalue weighted by Gasteiger charge is -2.11. The molecule has 0 unspecified atom stereocenters. The summed E-state index contributed by atoms with van der Waals surface area (Å²) in [5.41, 5.74) is 6.64. The van der Waals surface area contributed by atoms with Crippen LogP contribution in [0.4, 0.5) is 0 Å². The first-order valence-electron chi connectivity index (χ1n) is 6.21. The van der Waals surface area contributed by atoms with Crippen LogP contribution in [0, 0.1) is 6.92 Å². The molecule has 0 aliphatic heterocycles. The summed E-state index contributed by atoms with van der Waals surface area (Å²) in [5, 5.41) is 0. The maximum atomic E-state index is 5.74. The number of benzene rings is 1. The molecule has 0 amide bonds. The molecule has 19 heavy (non-hydrogen) atoms. The van der Waals surface area contributed by atoms with E-state index in [4.69, 9.17) is 15.2 Å². The summed E-state index contributed by atoms with van der Waals surface area (Å²) >= 11 is 0. The van der Waals surface area contributed by atoms with E-state index in [9.17, 15) is 0 Å². The Morgan fingerprint density at radius 1 is 1.26 bits per heavy atom. The Bertz CT molecular complexity index is 515. The van der Waals surface area contributed by atoms with Crippen molar-refractivity contribution in [2.24, 2.45) is 5.73 Å². The number of nitrogens with zero attached hydrogens (tertiary/aromatic N) is 2. The molecule has 5 heteroatoms. The van der Waals surface area contributed by atoms with Crippen LogP contribution in [0.3, 0.4) is 0 Å². The molecule has 1 aromatic carbocycles. The van der Waals surface area contributed by atoms with E-state index < -0.39 is 0 Å². The second kappa shape index (κ2) is 6.24. The van der Waals surface area contributed by atoms with Gasteiger partial charge in [-0.05, 0) is 24.6 Å². The summed E-state index contributed by atoms with van der Waals surface area (Å²) < 4.78 is 13.0. The van der Waals surface area contributed by atoms with Crippen molar-refractivity contribution in [1.82, 2.24) is 9.55 Å². The van der Waals surface area contributed by atoms with E-state index in [0.717, 1.165) is 29.4 Å². The van der Waals surface area contributed by atoms with Crippen molar-refractivity contribution in [3.63, 3.8) is 0 Å². The van der Waals surface area contributed by atoms with Gasteiger partial charge < -0.3 is 19.8 Å². The van der Waals surface area contributed by atoms with E-state index in [1.165, 1.54) is 0 Å². The average molecular weight is 261 g/mol. The highest BCUT2D eigenvalue weighted by Gasteiger charge is 2.02. The molecule has 0 saturated heterocycles. The number of methoxy groups -OCH3 is 1. The Balaban J connectivity index is 1.97. The molecular weight excluding hydrogens is 242 g/mol. The van der Waals surface area contributed by atoms with Crippen molar-refractivity contribution in [1.29, 1.82) is 0 Å². The molecule has 5 nitrogen and oxygen atoms in total. The Labute approximate surface area is 113 Å². The van der Waals surface area contributed by atoms with Crippen LogP contribution in [0.1, 0.15) is 11.4 Å². The van der Waals surface area contributed by atoms with Gasteiger partial charge in [0.2, 0.25) is 0 Å². The summed E-state index contributed by atoms with van der Waals surface area (Å²) in [6, 6.07) is 5.70. The normalized spacial score (nSPS) is 10.5. The number of aromatic nitrogens is 2. The highest BCUT2D eigenvalue weighted by molar-refractivity contribution is 5.38. The first-order valence-corrected chi connectivity index (χ1v) is 6.21. The Hall–Kier alpha value is -2.01. The van der Waals surface area contributed by atoms with Crippen molar-refractivity contribution >= 4 is 0 Å². The van der Waals surface area contributed by atoms with Gasteiger partial charge in [-0.2, -0.15) is 0 Å². The topological polar surface area (TPSA) is 62.3 Å². The minimum atomic E-state index is 0.466. The van der Waals surface area contributed by atoms with Crippen LogP contribution in [-0.2, 0) is 13.1 Å². The van der Waals surface area contributed by atoms with E-state index in [0.29, 0.717) is 13.2 Å². The third-order valence-corrected chi connectivity index (χ3v) is 2.94. The molecule has 0 fully saturated rings. The molecule has 0 spiro atoms. The molecule has 1 heterocycles. The standard InChI is InChI=1S/C14H19N3O2/c1-11-16-3-4-17(11)5-6-19-14-8-12(10-15)7-13(9-14)18-2/h3-4,7-9H,5-6,10,15H2,1-2H3. The van der Waals surface area contributed by atoms with Crippen molar-refractivity contribution in [2.75, 3.05) is 13.7 Å². The van der Waals surface area contributed by atoms with Gasteiger partial charge in [0.1, 0.15) is 23.9 Å². The molecular formula is C14H19N3O2. The fourth-order valence-electron chi connectivity index (χ4n) is 1.85. The third-order valence-electron chi connectivity index (χ3n) is 2.94. The van der Waals surface area contributed by atoms with Crippen molar-refractivity contribution < 1.29 is 9.47 Å². The Kier molecular flexibility index (Phi) is 4.41. The summed E-state index contributed by atoms with van der Waals surface area (Å²) in [6.07, 6.45) is 3.73. The first-order chi connectivity index (χ1) is 9.22. The van der Waals surface area contributed by atoms with E-state index >= 15 is 0 Å². The predicted octanol–water partition coefficient (Wildman–Crippen LogP) is 1.74. The van der Waals surface area contributed by atoms with Gasteiger partial charge in [0.05, 0.1) is 13.7 Å². The third kappa shape index (κ3) is 3.48. The van der Waals surface area contributed by atoms with Crippen LogP contribution in [0.25, 0.3) is 0 Å².